The Bertz CT molecular complexity index is 512. The molecule has 82 valence electrons. The fourth-order valence-electron chi connectivity index (χ4n) is 1.51. The van der Waals surface area contributed by atoms with Gasteiger partial charge in [-0.2, -0.15) is 5.10 Å². The molecule has 0 saturated heterocycles. The summed E-state index contributed by atoms with van der Waals surface area (Å²) in [6.07, 6.45) is 4.95. The van der Waals surface area contributed by atoms with Crippen LogP contribution in [-0.4, -0.2) is 21.1 Å². The Morgan fingerprint density at radius 1 is 1.00 bits per heavy atom. The number of benzene rings is 1. The molecule has 2 rings (SSSR count). The first kappa shape index (κ1) is 10.5. The van der Waals surface area contributed by atoms with E-state index in [-0.39, 0.29) is 0 Å². The van der Waals surface area contributed by atoms with E-state index in [1.54, 1.807) is 17.3 Å². The van der Waals surface area contributed by atoms with Crippen LogP contribution in [0, 0.1) is 20.8 Å². The van der Waals surface area contributed by atoms with Crippen molar-refractivity contribution >= 4 is 6.21 Å². The zero-order chi connectivity index (χ0) is 11.5. The molecule has 0 radical (unpaired) electrons. The minimum atomic E-state index is 1.12. The number of hydrogen-bond acceptors (Lipinski definition) is 3. The normalized spacial score (nSPS) is 11.2. The van der Waals surface area contributed by atoms with E-state index in [9.17, 15) is 0 Å². The van der Waals surface area contributed by atoms with Crippen molar-refractivity contribution < 1.29 is 0 Å². The highest BCUT2D eigenvalue weighted by atomic mass is 15.4. The summed E-state index contributed by atoms with van der Waals surface area (Å²) < 4.78 is 1.58. The van der Waals surface area contributed by atoms with Crippen molar-refractivity contribution in [1.82, 2.24) is 14.9 Å². The van der Waals surface area contributed by atoms with Crippen molar-refractivity contribution in [2.24, 2.45) is 5.10 Å². The third-order valence-corrected chi connectivity index (χ3v) is 2.62. The summed E-state index contributed by atoms with van der Waals surface area (Å²) in [5.74, 6) is 0. The number of aromatic nitrogens is 3. The summed E-state index contributed by atoms with van der Waals surface area (Å²) in [5, 5.41) is 11.6. The molecule has 0 N–H and O–H groups in total. The van der Waals surface area contributed by atoms with Crippen LogP contribution in [0.2, 0.25) is 0 Å². The van der Waals surface area contributed by atoms with E-state index in [1.165, 1.54) is 16.7 Å². The first-order chi connectivity index (χ1) is 7.66. The summed E-state index contributed by atoms with van der Waals surface area (Å²) in [5.41, 5.74) is 4.92. The van der Waals surface area contributed by atoms with E-state index in [4.69, 9.17) is 0 Å². The second-order valence-electron chi connectivity index (χ2n) is 3.88. The molecule has 0 spiro atoms. The quantitative estimate of drug-likeness (QED) is 0.718. The zero-order valence-corrected chi connectivity index (χ0v) is 9.68. The molecule has 0 amide bonds. The van der Waals surface area contributed by atoms with Crippen LogP contribution in [0.1, 0.15) is 22.3 Å². The van der Waals surface area contributed by atoms with Crippen molar-refractivity contribution in [2.75, 3.05) is 0 Å². The van der Waals surface area contributed by atoms with Gasteiger partial charge in [0.25, 0.3) is 0 Å². The van der Waals surface area contributed by atoms with Gasteiger partial charge in [0.1, 0.15) is 12.7 Å². The molecule has 1 heterocycles. The van der Waals surface area contributed by atoms with Crippen LogP contribution in [0.25, 0.3) is 0 Å². The van der Waals surface area contributed by atoms with E-state index in [1.807, 2.05) is 6.21 Å². The number of nitrogens with zero attached hydrogens (tertiary/aromatic N) is 4. The first-order valence-electron chi connectivity index (χ1n) is 5.13. The Morgan fingerprint density at radius 2 is 1.62 bits per heavy atom. The minimum Gasteiger partial charge on any atom is -0.208 e. The van der Waals surface area contributed by atoms with E-state index >= 15 is 0 Å². The van der Waals surface area contributed by atoms with Crippen LogP contribution in [-0.2, 0) is 0 Å². The van der Waals surface area contributed by atoms with Crippen LogP contribution in [0.3, 0.4) is 0 Å². The van der Waals surface area contributed by atoms with Gasteiger partial charge in [0.2, 0.25) is 0 Å². The van der Waals surface area contributed by atoms with Crippen LogP contribution >= 0.6 is 0 Å². The summed E-state index contributed by atoms with van der Waals surface area (Å²) in [6.45, 7) is 6.30. The van der Waals surface area contributed by atoms with Crippen LogP contribution in [0.4, 0.5) is 0 Å². The third-order valence-electron chi connectivity index (χ3n) is 2.62. The van der Waals surface area contributed by atoms with Gasteiger partial charge in [-0.3, -0.25) is 0 Å². The molecule has 0 aliphatic rings. The fraction of sp³-hybridized carbons (Fsp3) is 0.250. The van der Waals surface area contributed by atoms with Crippen molar-refractivity contribution in [1.29, 1.82) is 0 Å². The van der Waals surface area contributed by atoms with Gasteiger partial charge >= 0.3 is 0 Å². The molecule has 0 unspecified atom stereocenters. The van der Waals surface area contributed by atoms with E-state index in [0.717, 1.165) is 5.56 Å². The Balaban J connectivity index is 2.31. The maximum atomic E-state index is 4.23. The second-order valence-corrected chi connectivity index (χ2v) is 3.88. The molecule has 2 aromatic rings. The number of aryl methyl sites for hydroxylation is 3. The summed E-state index contributed by atoms with van der Waals surface area (Å²) in [7, 11) is 0. The SMILES string of the molecule is Cc1cc(C)c(/C=N/n2cnnc2)cc1C. The van der Waals surface area contributed by atoms with Gasteiger partial charge in [0.15, 0.2) is 0 Å². The summed E-state index contributed by atoms with van der Waals surface area (Å²) in [6, 6.07) is 4.31. The molecule has 1 aromatic heterocycles. The largest absolute Gasteiger partial charge is 0.208 e. The van der Waals surface area contributed by atoms with Crippen molar-refractivity contribution in [3.63, 3.8) is 0 Å². The molecule has 4 heteroatoms. The molecule has 16 heavy (non-hydrogen) atoms. The lowest BCUT2D eigenvalue weighted by molar-refractivity contribution is 0.878. The summed E-state index contributed by atoms with van der Waals surface area (Å²) >= 11 is 0. The van der Waals surface area contributed by atoms with Crippen LogP contribution in [0.15, 0.2) is 29.9 Å². The van der Waals surface area contributed by atoms with Gasteiger partial charge in [-0.15, -0.1) is 10.2 Å². The predicted molar refractivity (Wildman–Crippen MR) is 63.7 cm³/mol. The van der Waals surface area contributed by atoms with E-state index in [0.29, 0.717) is 0 Å². The standard InChI is InChI=1S/C12H14N4/c1-9-4-11(3)12(5-10(9)2)6-15-16-7-13-14-8-16/h4-8H,1-3H3/b15-6+. The van der Waals surface area contributed by atoms with E-state index in [2.05, 4.69) is 48.2 Å². The Kier molecular flexibility index (Phi) is 2.81. The molecule has 0 bridgehead atoms. The first-order valence-corrected chi connectivity index (χ1v) is 5.13. The third kappa shape index (κ3) is 2.16. The number of hydrogen-bond donors (Lipinski definition) is 0. The maximum absolute atomic E-state index is 4.23. The zero-order valence-electron chi connectivity index (χ0n) is 9.68. The van der Waals surface area contributed by atoms with Gasteiger partial charge < -0.3 is 0 Å². The molecule has 0 fully saturated rings. The van der Waals surface area contributed by atoms with Gasteiger partial charge in [-0.1, -0.05) is 6.07 Å². The average Bonchev–Trinajstić information content (AvgIpc) is 2.74. The fourth-order valence-corrected chi connectivity index (χ4v) is 1.51. The van der Waals surface area contributed by atoms with Crippen LogP contribution in [0.5, 0.6) is 0 Å². The van der Waals surface area contributed by atoms with Crippen molar-refractivity contribution in [3.8, 4) is 0 Å². The molecule has 0 saturated carbocycles. The molecule has 0 aliphatic heterocycles. The van der Waals surface area contributed by atoms with Gasteiger partial charge in [-0.05, 0) is 49.1 Å². The van der Waals surface area contributed by atoms with E-state index < -0.39 is 0 Å². The Hall–Kier alpha value is -1.97. The topological polar surface area (TPSA) is 43.1 Å². The lowest BCUT2D eigenvalue weighted by atomic mass is 10.0. The highest BCUT2D eigenvalue weighted by Crippen LogP contribution is 2.13. The monoisotopic (exact) mass is 214 g/mol. The predicted octanol–water partition coefficient (Wildman–Crippen LogP) is 2.09. The average molecular weight is 214 g/mol. The second kappa shape index (κ2) is 4.26. The lowest BCUT2D eigenvalue weighted by Gasteiger charge is -2.05. The Morgan fingerprint density at radius 3 is 2.31 bits per heavy atom. The lowest BCUT2D eigenvalue weighted by Crippen LogP contribution is -1.93. The van der Waals surface area contributed by atoms with Crippen LogP contribution < -0.4 is 0 Å². The highest BCUT2D eigenvalue weighted by Gasteiger charge is 1.99. The molecule has 0 atom stereocenters. The summed E-state index contributed by atoms with van der Waals surface area (Å²) in [4.78, 5) is 0. The molecular weight excluding hydrogens is 200 g/mol. The molecule has 4 nitrogen and oxygen atoms in total. The number of rotatable bonds is 2. The molecule has 0 aliphatic carbocycles. The van der Waals surface area contributed by atoms with Gasteiger partial charge in [0, 0.05) is 0 Å². The van der Waals surface area contributed by atoms with Crippen molar-refractivity contribution in [2.45, 2.75) is 20.8 Å². The maximum Gasteiger partial charge on any atom is 0.141 e. The molecule has 1 aromatic carbocycles. The Labute approximate surface area is 94.6 Å². The van der Waals surface area contributed by atoms with Crippen molar-refractivity contribution in [3.05, 3.63) is 47.0 Å². The van der Waals surface area contributed by atoms with Gasteiger partial charge in [-0.25, -0.2) is 4.68 Å². The highest BCUT2D eigenvalue weighted by molar-refractivity contribution is 5.82. The van der Waals surface area contributed by atoms with Gasteiger partial charge in [0.05, 0.1) is 6.21 Å². The molecular formula is C12H14N4. The smallest absolute Gasteiger partial charge is 0.141 e. The minimum absolute atomic E-state index is 1.12.